The van der Waals surface area contributed by atoms with E-state index < -0.39 is 10.9 Å². The number of hydrogen-bond acceptors (Lipinski definition) is 5. The van der Waals surface area contributed by atoms with Crippen LogP contribution in [0.25, 0.3) is 17.2 Å². The molecule has 7 nitrogen and oxygen atoms in total. The molecule has 5 rings (SSSR count). The van der Waals surface area contributed by atoms with Crippen molar-refractivity contribution in [3.63, 3.8) is 0 Å². The van der Waals surface area contributed by atoms with Gasteiger partial charge in [0.2, 0.25) is 11.7 Å². The maximum absolute atomic E-state index is 12.3. The molecule has 26 heavy (non-hydrogen) atoms. The van der Waals surface area contributed by atoms with Gasteiger partial charge in [-0.25, -0.2) is 4.98 Å². The lowest BCUT2D eigenvalue weighted by atomic mass is 9.92. The predicted octanol–water partition coefficient (Wildman–Crippen LogP) is 4.21. The molecule has 3 aromatic rings. The first-order valence-electron chi connectivity index (χ1n) is 8.49. The van der Waals surface area contributed by atoms with Crippen LogP contribution < -0.4 is 4.90 Å². The van der Waals surface area contributed by atoms with Gasteiger partial charge < -0.3 is 4.52 Å². The van der Waals surface area contributed by atoms with Crippen molar-refractivity contribution < 1.29 is 9.32 Å². The topological polar surface area (TPSA) is 77.1 Å². The second kappa shape index (κ2) is 5.17. The Balaban J connectivity index is 1.74. The Morgan fingerprint density at radius 3 is 2.69 bits per heavy atom. The van der Waals surface area contributed by atoms with Gasteiger partial charge in [0, 0.05) is 5.92 Å². The number of nitrogens with zero attached hydrogens (tertiary/aromatic N) is 5. The van der Waals surface area contributed by atoms with E-state index in [9.17, 15) is 4.79 Å². The van der Waals surface area contributed by atoms with E-state index in [1.807, 2.05) is 42.7 Å². The fourth-order valence-electron chi connectivity index (χ4n) is 3.69. The average Bonchev–Trinajstić information content (AvgIpc) is 3.16. The maximum Gasteiger partial charge on any atom is 0.321 e. The molecule has 0 saturated heterocycles. The Kier molecular flexibility index (Phi) is 3.10. The zero-order valence-electron chi connectivity index (χ0n) is 14.3. The minimum absolute atomic E-state index is 0.365. The number of anilines is 1. The summed E-state index contributed by atoms with van der Waals surface area (Å²) in [4.78, 5) is 22.9. The molecule has 8 heteroatoms. The molecule has 0 spiro atoms. The van der Waals surface area contributed by atoms with Gasteiger partial charge in [0.15, 0.2) is 0 Å². The Hall–Kier alpha value is -2.67. The molecular weight excluding hydrogens is 354 g/mol. The standard InChI is InChI=1S/C18H16ClN5O2/c1-18(2)14-13(15-21-16(26-22-15)10-7-8-10)20-9-23(14)11-5-3-4-6-12(11)24(18)17(19)25/h3-6,9-10H,7-8H2,1-2H3. The highest BCUT2D eigenvalue weighted by Crippen LogP contribution is 2.46. The Labute approximate surface area is 154 Å². The van der Waals surface area contributed by atoms with E-state index in [1.165, 1.54) is 0 Å². The van der Waals surface area contributed by atoms with Gasteiger partial charge in [0.1, 0.15) is 12.0 Å². The van der Waals surface area contributed by atoms with Crippen LogP contribution in [0, 0.1) is 0 Å². The van der Waals surface area contributed by atoms with Crippen molar-refractivity contribution in [1.29, 1.82) is 0 Å². The van der Waals surface area contributed by atoms with Crippen LogP contribution in [0.5, 0.6) is 0 Å². The molecule has 1 aliphatic heterocycles. The summed E-state index contributed by atoms with van der Waals surface area (Å²) in [6.07, 6.45) is 3.89. The van der Waals surface area contributed by atoms with Crippen LogP contribution in [0.3, 0.4) is 0 Å². The zero-order chi connectivity index (χ0) is 18.1. The van der Waals surface area contributed by atoms with Gasteiger partial charge in [-0.3, -0.25) is 14.3 Å². The number of rotatable bonds is 2. The van der Waals surface area contributed by atoms with Crippen molar-refractivity contribution in [2.75, 3.05) is 4.90 Å². The lowest BCUT2D eigenvalue weighted by Gasteiger charge is -2.42. The molecule has 0 radical (unpaired) electrons. The summed E-state index contributed by atoms with van der Waals surface area (Å²) in [5.74, 6) is 1.46. The second-order valence-electron chi connectivity index (χ2n) is 7.18. The molecule has 1 amide bonds. The molecule has 132 valence electrons. The van der Waals surface area contributed by atoms with E-state index in [1.54, 1.807) is 11.2 Å². The molecule has 2 aromatic heterocycles. The van der Waals surface area contributed by atoms with Crippen LogP contribution in [0.2, 0.25) is 0 Å². The van der Waals surface area contributed by atoms with Crippen molar-refractivity contribution in [3.8, 4) is 17.2 Å². The van der Waals surface area contributed by atoms with Gasteiger partial charge in [-0.2, -0.15) is 4.98 Å². The Bertz CT molecular complexity index is 1030. The molecule has 0 bridgehead atoms. The minimum Gasteiger partial charge on any atom is -0.339 e. The van der Waals surface area contributed by atoms with Crippen LogP contribution in [-0.4, -0.2) is 25.1 Å². The van der Waals surface area contributed by atoms with Crippen molar-refractivity contribution in [3.05, 3.63) is 42.2 Å². The number of carbonyl (C=O) groups excluding carboxylic acids is 1. The molecule has 0 atom stereocenters. The van der Waals surface area contributed by atoms with Gasteiger partial charge in [-0.15, -0.1) is 0 Å². The summed E-state index contributed by atoms with van der Waals surface area (Å²) >= 11 is 5.96. The minimum atomic E-state index is -0.737. The van der Waals surface area contributed by atoms with E-state index in [0.717, 1.165) is 29.9 Å². The van der Waals surface area contributed by atoms with Gasteiger partial charge in [0.25, 0.3) is 0 Å². The summed E-state index contributed by atoms with van der Waals surface area (Å²) in [7, 11) is 0. The number of hydrogen-bond donors (Lipinski definition) is 0. The number of fused-ring (bicyclic) bond motifs is 3. The third-order valence-corrected chi connectivity index (χ3v) is 5.21. The summed E-state index contributed by atoms with van der Waals surface area (Å²) in [5, 5.41) is 3.57. The van der Waals surface area contributed by atoms with Crippen LogP contribution >= 0.6 is 11.6 Å². The normalized spacial score (nSPS) is 17.7. The van der Waals surface area contributed by atoms with E-state index in [-0.39, 0.29) is 0 Å². The molecular formula is C18H16ClN5O2. The highest BCUT2D eigenvalue weighted by Gasteiger charge is 2.44. The third kappa shape index (κ3) is 2.07. The van der Waals surface area contributed by atoms with Crippen molar-refractivity contribution in [1.82, 2.24) is 19.7 Å². The molecule has 1 aliphatic carbocycles. The third-order valence-electron chi connectivity index (χ3n) is 5.04. The van der Waals surface area contributed by atoms with Crippen LogP contribution in [0.15, 0.2) is 35.1 Å². The van der Waals surface area contributed by atoms with Gasteiger partial charge in [-0.05, 0) is 50.4 Å². The number of aromatic nitrogens is 4. The van der Waals surface area contributed by atoms with E-state index >= 15 is 0 Å². The summed E-state index contributed by atoms with van der Waals surface area (Å²) in [6.45, 7) is 3.87. The molecule has 1 saturated carbocycles. The first-order valence-corrected chi connectivity index (χ1v) is 8.87. The summed E-state index contributed by atoms with van der Waals surface area (Å²) in [5.41, 5.74) is 2.23. The molecule has 3 heterocycles. The number of halogens is 1. The molecule has 1 aromatic carbocycles. The summed E-state index contributed by atoms with van der Waals surface area (Å²) < 4.78 is 7.36. The fraction of sp³-hybridized carbons (Fsp3) is 0.333. The smallest absolute Gasteiger partial charge is 0.321 e. The maximum atomic E-state index is 12.3. The number of amides is 1. The van der Waals surface area contributed by atoms with E-state index in [0.29, 0.717) is 23.3 Å². The Morgan fingerprint density at radius 2 is 2.00 bits per heavy atom. The van der Waals surface area contributed by atoms with Crippen LogP contribution in [0.1, 0.15) is 44.2 Å². The zero-order valence-corrected chi connectivity index (χ0v) is 15.1. The first-order chi connectivity index (χ1) is 12.5. The van der Waals surface area contributed by atoms with E-state index in [4.69, 9.17) is 16.1 Å². The average molecular weight is 370 g/mol. The van der Waals surface area contributed by atoms with Crippen LogP contribution in [-0.2, 0) is 5.54 Å². The Morgan fingerprint density at radius 1 is 1.27 bits per heavy atom. The van der Waals surface area contributed by atoms with Crippen molar-refractivity contribution in [2.24, 2.45) is 0 Å². The lowest BCUT2D eigenvalue weighted by molar-refractivity contribution is 0.257. The van der Waals surface area contributed by atoms with E-state index in [2.05, 4.69) is 15.1 Å². The van der Waals surface area contributed by atoms with Gasteiger partial charge >= 0.3 is 5.37 Å². The second-order valence-corrected chi connectivity index (χ2v) is 7.50. The van der Waals surface area contributed by atoms with Gasteiger partial charge in [-0.1, -0.05) is 17.3 Å². The lowest BCUT2D eigenvalue weighted by Crippen LogP contribution is -2.48. The first kappa shape index (κ1) is 15.6. The fourth-order valence-corrected chi connectivity index (χ4v) is 3.99. The molecule has 1 fully saturated rings. The molecule has 0 N–H and O–H groups in total. The highest BCUT2D eigenvalue weighted by atomic mass is 35.5. The number of benzene rings is 1. The number of para-hydroxylation sites is 2. The predicted molar refractivity (Wildman–Crippen MR) is 95.6 cm³/mol. The monoisotopic (exact) mass is 369 g/mol. The highest BCUT2D eigenvalue weighted by molar-refractivity contribution is 6.66. The SMILES string of the molecule is CC1(C)c2c(-c3noc(C4CC4)n3)ncn2-c2ccccc2N1C(=O)Cl. The van der Waals surface area contributed by atoms with Crippen molar-refractivity contribution in [2.45, 2.75) is 38.1 Å². The number of carbonyl (C=O) groups is 1. The molecule has 0 unspecified atom stereocenters. The molecule has 2 aliphatic rings. The van der Waals surface area contributed by atoms with Gasteiger partial charge in [0.05, 0.1) is 22.6 Å². The van der Waals surface area contributed by atoms with Crippen LogP contribution in [0.4, 0.5) is 10.5 Å². The largest absolute Gasteiger partial charge is 0.339 e. The van der Waals surface area contributed by atoms with Crippen molar-refractivity contribution >= 4 is 22.7 Å². The number of imidazole rings is 1. The summed E-state index contributed by atoms with van der Waals surface area (Å²) in [6, 6.07) is 7.60. The quantitative estimate of drug-likeness (QED) is 0.499.